The molecule has 0 unspecified atom stereocenters. The minimum Gasteiger partial charge on any atom is -0.346 e. The molecule has 3 rings (SSSR count). The number of aromatic nitrogens is 3. The Hall–Kier alpha value is -2.77. The van der Waals surface area contributed by atoms with Gasteiger partial charge in [0.15, 0.2) is 11.4 Å². The van der Waals surface area contributed by atoms with Crippen molar-refractivity contribution in [1.82, 2.24) is 25.6 Å². The van der Waals surface area contributed by atoms with E-state index in [-0.39, 0.29) is 35.7 Å². The summed E-state index contributed by atoms with van der Waals surface area (Å²) in [6.07, 6.45) is 0.826. The van der Waals surface area contributed by atoms with Crippen LogP contribution in [-0.2, 0) is 13.1 Å². The van der Waals surface area contributed by atoms with E-state index in [2.05, 4.69) is 34.8 Å². The standard InChI is InChI=1S/C17H20FN5O2/c1-10(2)6-13-9-23-15(17(25)20-13)14(21-22-23)16(24)19-8-11-4-3-5-12(18)7-11/h3-5,7,10,13H,6,8-9H2,1-2H3,(H,19,24)(H,20,25)/t13-/m0/s1. The van der Waals surface area contributed by atoms with Gasteiger partial charge in [0, 0.05) is 12.6 Å². The molecular formula is C17H20FN5O2. The Morgan fingerprint density at radius 1 is 1.48 bits per heavy atom. The summed E-state index contributed by atoms with van der Waals surface area (Å²) in [6, 6.07) is 5.92. The second-order valence-electron chi connectivity index (χ2n) is 6.58. The molecule has 0 aliphatic carbocycles. The van der Waals surface area contributed by atoms with Gasteiger partial charge in [0.25, 0.3) is 11.8 Å². The van der Waals surface area contributed by atoms with Gasteiger partial charge in [0.05, 0.1) is 6.54 Å². The van der Waals surface area contributed by atoms with Crippen molar-refractivity contribution in [1.29, 1.82) is 0 Å². The quantitative estimate of drug-likeness (QED) is 0.860. The normalized spacial score (nSPS) is 16.5. The van der Waals surface area contributed by atoms with Gasteiger partial charge in [-0.2, -0.15) is 0 Å². The molecule has 7 nitrogen and oxygen atoms in total. The van der Waals surface area contributed by atoms with Crippen molar-refractivity contribution in [2.45, 2.75) is 39.4 Å². The Labute approximate surface area is 144 Å². The number of amides is 2. The predicted molar refractivity (Wildman–Crippen MR) is 88.3 cm³/mol. The maximum Gasteiger partial charge on any atom is 0.274 e. The Kier molecular flexibility index (Phi) is 4.78. The minimum atomic E-state index is -0.511. The van der Waals surface area contributed by atoms with Crippen molar-refractivity contribution in [3.05, 3.63) is 47.0 Å². The molecule has 0 bridgehead atoms. The monoisotopic (exact) mass is 345 g/mol. The van der Waals surface area contributed by atoms with Crippen LogP contribution in [0.1, 0.15) is 46.8 Å². The highest BCUT2D eigenvalue weighted by atomic mass is 19.1. The molecule has 0 fully saturated rings. The molecule has 2 amide bonds. The first-order valence-corrected chi connectivity index (χ1v) is 8.21. The summed E-state index contributed by atoms with van der Waals surface area (Å²) >= 11 is 0. The van der Waals surface area contributed by atoms with Crippen LogP contribution >= 0.6 is 0 Å². The van der Waals surface area contributed by atoms with Crippen LogP contribution in [-0.4, -0.2) is 32.9 Å². The van der Waals surface area contributed by atoms with E-state index in [4.69, 9.17) is 0 Å². The van der Waals surface area contributed by atoms with E-state index in [0.717, 1.165) is 6.42 Å². The Morgan fingerprint density at radius 2 is 2.28 bits per heavy atom. The van der Waals surface area contributed by atoms with E-state index in [1.807, 2.05) is 0 Å². The number of halogens is 1. The maximum atomic E-state index is 13.2. The van der Waals surface area contributed by atoms with E-state index in [1.165, 1.54) is 16.8 Å². The zero-order valence-corrected chi connectivity index (χ0v) is 14.1. The summed E-state index contributed by atoms with van der Waals surface area (Å²) < 4.78 is 14.7. The van der Waals surface area contributed by atoms with Crippen LogP contribution in [0.5, 0.6) is 0 Å². The van der Waals surface area contributed by atoms with Crippen molar-refractivity contribution in [2.75, 3.05) is 0 Å². The number of fused-ring (bicyclic) bond motifs is 1. The van der Waals surface area contributed by atoms with E-state index in [0.29, 0.717) is 18.0 Å². The lowest BCUT2D eigenvalue weighted by Gasteiger charge is -2.25. The average molecular weight is 345 g/mol. The van der Waals surface area contributed by atoms with Gasteiger partial charge in [0.2, 0.25) is 0 Å². The minimum absolute atomic E-state index is 0.0168. The molecule has 0 saturated heterocycles. The number of hydrogen-bond acceptors (Lipinski definition) is 4. The Bertz CT molecular complexity index is 802. The first kappa shape index (κ1) is 17.1. The second kappa shape index (κ2) is 7.00. The Balaban J connectivity index is 1.71. The molecule has 132 valence electrons. The van der Waals surface area contributed by atoms with Crippen molar-refractivity contribution in [3.8, 4) is 0 Å². The van der Waals surface area contributed by atoms with Crippen molar-refractivity contribution in [3.63, 3.8) is 0 Å². The zero-order valence-electron chi connectivity index (χ0n) is 14.1. The van der Waals surface area contributed by atoms with Crippen LogP contribution in [0.2, 0.25) is 0 Å². The molecule has 2 N–H and O–H groups in total. The number of nitrogens with zero attached hydrogens (tertiary/aromatic N) is 3. The highest BCUT2D eigenvalue weighted by Gasteiger charge is 2.32. The van der Waals surface area contributed by atoms with Crippen LogP contribution < -0.4 is 10.6 Å². The SMILES string of the molecule is CC(C)C[C@H]1Cn2nnc(C(=O)NCc3cccc(F)c3)c2C(=O)N1. The number of hydrogen-bond donors (Lipinski definition) is 2. The molecule has 1 aliphatic heterocycles. The highest BCUT2D eigenvalue weighted by Crippen LogP contribution is 2.16. The molecular weight excluding hydrogens is 325 g/mol. The summed E-state index contributed by atoms with van der Waals surface area (Å²) in [4.78, 5) is 24.7. The second-order valence-corrected chi connectivity index (χ2v) is 6.58. The van der Waals surface area contributed by atoms with Crippen LogP contribution in [0.3, 0.4) is 0 Å². The zero-order chi connectivity index (χ0) is 18.0. The summed E-state index contributed by atoms with van der Waals surface area (Å²) in [7, 11) is 0. The van der Waals surface area contributed by atoms with Gasteiger partial charge in [-0.05, 0) is 30.0 Å². The van der Waals surface area contributed by atoms with Crippen LogP contribution in [0.15, 0.2) is 24.3 Å². The first-order valence-electron chi connectivity index (χ1n) is 8.21. The van der Waals surface area contributed by atoms with Crippen LogP contribution in [0, 0.1) is 11.7 Å². The molecule has 0 spiro atoms. The van der Waals surface area contributed by atoms with Gasteiger partial charge < -0.3 is 10.6 Å². The number of benzene rings is 1. The molecule has 0 saturated carbocycles. The van der Waals surface area contributed by atoms with Crippen molar-refractivity contribution >= 4 is 11.8 Å². The van der Waals surface area contributed by atoms with Gasteiger partial charge >= 0.3 is 0 Å². The lowest BCUT2D eigenvalue weighted by molar-refractivity contribution is 0.0870. The van der Waals surface area contributed by atoms with Crippen LogP contribution in [0.25, 0.3) is 0 Å². The van der Waals surface area contributed by atoms with Crippen LogP contribution in [0.4, 0.5) is 4.39 Å². The third-order valence-corrected chi connectivity index (χ3v) is 3.99. The van der Waals surface area contributed by atoms with E-state index in [1.54, 1.807) is 12.1 Å². The lowest BCUT2D eigenvalue weighted by atomic mass is 10.0. The molecule has 25 heavy (non-hydrogen) atoms. The molecule has 1 aliphatic rings. The predicted octanol–water partition coefficient (Wildman–Crippen LogP) is 1.51. The summed E-state index contributed by atoms with van der Waals surface area (Å²) in [5, 5.41) is 13.3. The number of nitrogens with one attached hydrogen (secondary N) is 2. The molecule has 1 atom stereocenters. The van der Waals surface area contributed by atoms with E-state index < -0.39 is 5.91 Å². The molecule has 1 aromatic heterocycles. The van der Waals surface area contributed by atoms with E-state index in [9.17, 15) is 14.0 Å². The summed E-state index contributed by atoms with van der Waals surface area (Å²) in [5.41, 5.74) is 0.768. The maximum absolute atomic E-state index is 13.2. The Morgan fingerprint density at radius 3 is 3.00 bits per heavy atom. The van der Waals surface area contributed by atoms with Gasteiger partial charge in [0.1, 0.15) is 5.82 Å². The summed E-state index contributed by atoms with van der Waals surface area (Å²) in [5.74, 6) is -0.798. The fourth-order valence-electron chi connectivity index (χ4n) is 2.94. The number of carbonyl (C=O) groups excluding carboxylic acids is 2. The average Bonchev–Trinajstić information content (AvgIpc) is 2.96. The molecule has 1 aromatic carbocycles. The number of carbonyl (C=O) groups is 2. The number of rotatable bonds is 5. The van der Waals surface area contributed by atoms with Gasteiger partial charge in [-0.3, -0.25) is 9.59 Å². The summed E-state index contributed by atoms with van der Waals surface area (Å²) in [6.45, 7) is 4.78. The third-order valence-electron chi connectivity index (χ3n) is 3.99. The van der Waals surface area contributed by atoms with Gasteiger partial charge in [-0.25, -0.2) is 9.07 Å². The first-order chi connectivity index (χ1) is 11.9. The highest BCUT2D eigenvalue weighted by molar-refractivity contribution is 6.05. The van der Waals surface area contributed by atoms with Gasteiger partial charge in [-0.15, -0.1) is 5.10 Å². The largest absolute Gasteiger partial charge is 0.346 e. The fourth-order valence-corrected chi connectivity index (χ4v) is 2.94. The third kappa shape index (κ3) is 3.84. The molecule has 2 aromatic rings. The van der Waals surface area contributed by atoms with Crippen molar-refractivity contribution < 1.29 is 14.0 Å². The molecule has 8 heteroatoms. The van der Waals surface area contributed by atoms with E-state index >= 15 is 0 Å². The molecule has 0 radical (unpaired) electrons. The topological polar surface area (TPSA) is 88.9 Å². The molecule has 2 heterocycles. The van der Waals surface area contributed by atoms with Crippen molar-refractivity contribution in [2.24, 2.45) is 5.92 Å². The fraction of sp³-hybridized carbons (Fsp3) is 0.412. The van der Waals surface area contributed by atoms with Gasteiger partial charge in [-0.1, -0.05) is 31.2 Å². The smallest absolute Gasteiger partial charge is 0.274 e. The lowest BCUT2D eigenvalue weighted by Crippen LogP contribution is -2.46.